The van der Waals surface area contributed by atoms with Crippen molar-refractivity contribution in [3.8, 4) is 11.1 Å². The summed E-state index contributed by atoms with van der Waals surface area (Å²) < 4.78 is 2.20. The van der Waals surface area contributed by atoms with E-state index in [1.165, 1.54) is 38.4 Å². The summed E-state index contributed by atoms with van der Waals surface area (Å²) in [6.07, 6.45) is 2.20. The Morgan fingerprint density at radius 3 is 2.27 bits per heavy atom. The molecule has 1 nitrogen and oxygen atoms in total. The lowest BCUT2D eigenvalue weighted by Gasteiger charge is -2.06. The van der Waals surface area contributed by atoms with Gasteiger partial charge in [0, 0.05) is 16.8 Å². The molecule has 0 N–H and O–H groups in total. The van der Waals surface area contributed by atoms with E-state index in [0.717, 1.165) is 0 Å². The van der Waals surface area contributed by atoms with Gasteiger partial charge in [-0.25, -0.2) is 4.57 Å². The van der Waals surface area contributed by atoms with Crippen molar-refractivity contribution in [2.75, 3.05) is 0 Å². The van der Waals surface area contributed by atoms with Crippen LogP contribution in [0, 0.1) is 6.92 Å². The van der Waals surface area contributed by atoms with Gasteiger partial charge >= 0.3 is 0 Å². The predicted octanol–water partition coefficient (Wildman–Crippen LogP) is 4.79. The van der Waals surface area contributed by atoms with Crippen molar-refractivity contribution in [3.05, 3.63) is 78.5 Å². The van der Waals surface area contributed by atoms with Crippen LogP contribution in [0.3, 0.4) is 0 Å². The minimum Gasteiger partial charge on any atom is -0.200 e. The Bertz CT molecular complexity index is 982. The van der Waals surface area contributed by atoms with Crippen LogP contribution in [0.15, 0.2) is 72.9 Å². The summed E-state index contributed by atoms with van der Waals surface area (Å²) in [7, 11) is 2.11. The van der Waals surface area contributed by atoms with E-state index in [-0.39, 0.29) is 0 Å². The molecule has 0 aliphatic heterocycles. The number of aryl methyl sites for hydroxylation is 2. The minimum absolute atomic E-state index is 1.26. The van der Waals surface area contributed by atoms with E-state index in [9.17, 15) is 0 Å². The molecule has 0 amide bonds. The smallest absolute Gasteiger partial charge is 0.200 e. The summed E-state index contributed by atoms with van der Waals surface area (Å²) in [4.78, 5) is 0. The van der Waals surface area contributed by atoms with Crippen molar-refractivity contribution >= 4 is 21.7 Å². The van der Waals surface area contributed by atoms with Crippen LogP contribution in [-0.2, 0) is 7.05 Å². The first-order chi connectivity index (χ1) is 10.7. The zero-order valence-electron chi connectivity index (χ0n) is 12.9. The molecule has 1 aromatic heterocycles. The Morgan fingerprint density at radius 1 is 0.727 bits per heavy atom. The SMILES string of the molecule is Cc1ccc(-c2ccc3c(c2)c2ccccc2c[n+]3C)cc1. The molecule has 0 spiro atoms. The van der Waals surface area contributed by atoms with Crippen LogP contribution in [0.25, 0.3) is 32.8 Å². The summed E-state index contributed by atoms with van der Waals surface area (Å²) in [5, 5.41) is 3.89. The Balaban J connectivity index is 2.03. The summed E-state index contributed by atoms with van der Waals surface area (Å²) in [6.45, 7) is 2.12. The van der Waals surface area contributed by atoms with Gasteiger partial charge in [-0.15, -0.1) is 0 Å². The number of hydrogen-bond acceptors (Lipinski definition) is 0. The number of nitrogens with zero attached hydrogens (tertiary/aromatic N) is 1. The molecule has 1 heteroatoms. The van der Waals surface area contributed by atoms with Crippen LogP contribution in [0.2, 0.25) is 0 Å². The molecule has 3 aromatic carbocycles. The van der Waals surface area contributed by atoms with Gasteiger partial charge in [0.05, 0.1) is 5.39 Å². The Labute approximate surface area is 130 Å². The monoisotopic (exact) mass is 284 g/mol. The van der Waals surface area contributed by atoms with Gasteiger partial charge in [-0.05, 0) is 36.2 Å². The van der Waals surface area contributed by atoms with Gasteiger partial charge in [-0.2, -0.15) is 0 Å². The van der Waals surface area contributed by atoms with Crippen LogP contribution in [0.1, 0.15) is 5.56 Å². The normalized spacial score (nSPS) is 11.2. The molecule has 1 heterocycles. The lowest BCUT2D eigenvalue weighted by molar-refractivity contribution is -0.643. The standard InChI is InChI=1S/C21H18N/c1-15-7-9-16(10-8-15)17-11-12-21-20(13-17)19-6-4-3-5-18(19)14-22(21)2/h3-14H,1-2H3/q+1. The van der Waals surface area contributed by atoms with Crippen molar-refractivity contribution in [1.29, 1.82) is 0 Å². The van der Waals surface area contributed by atoms with Crippen molar-refractivity contribution < 1.29 is 4.57 Å². The Hall–Kier alpha value is -2.67. The number of aromatic nitrogens is 1. The highest BCUT2D eigenvalue weighted by Crippen LogP contribution is 2.28. The average molecular weight is 284 g/mol. The number of fused-ring (bicyclic) bond motifs is 3. The topological polar surface area (TPSA) is 3.88 Å². The molecular formula is C21H18N+. The summed E-state index contributed by atoms with van der Waals surface area (Å²) in [6, 6.07) is 24.1. The fraction of sp³-hybridized carbons (Fsp3) is 0.0952. The largest absolute Gasteiger partial charge is 0.212 e. The molecular weight excluding hydrogens is 266 g/mol. The fourth-order valence-corrected chi connectivity index (χ4v) is 3.12. The summed E-state index contributed by atoms with van der Waals surface area (Å²) in [5.74, 6) is 0. The molecule has 0 saturated carbocycles. The third-order valence-corrected chi connectivity index (χ3v) is 4.35. The summed E-state index contributed by atoms with van der Waals surface area (Å²) >= 11 is 0. The molecule has 0 bridgehead atoms. The minimum atomic E-state index is 1.26. The maximum atomic E-state index is 2.31. The molecule has 0 aliphatic rings. The number of hydrogen-bond donors (Lipinski definition) is 0. The van der Waals surface area contributed by atoms with Gasteiger partial charge in [-0.3, -0.25) is 0 Å². The van der Waals surface area contributed by atoms with Crippen LogP contribution >= 0.6 is 0 Å². The maximum absolute atomic E-state index is 2.31. The molecule has 0 aliphatic carbocycles. The van der Waals surface area contributed by atoms with Gasteiger partial charge in [0.1, 0.15) is 7.05 Å². The number of rotatable bonds is 1. The molecule has 0 fully saturated rings. The highest BCUT2D eigenvalue weighted by Gasteiger charge is 2.11. The lowest BCUT2D eigenvalue weighted by atomic mass is 9.99. The third kappa shape index (κ3) is 2.06. The van der Waals surface area contributed by atoms with Crippen LogP contribution < -0.4 is 4.57 Å². The van der Waals surface area contributed by atoms with E-state index < -0.39 is 0 Å². The second-order valence-corrected chi connectivity index (χ2v) is 5.93. The lowest BCUT2D eigenvalue weighted by Crippen LogP contribution is -2.28. The van der Waals surface area contributed by atoms with E-state index in [2.05, 4.69) is 91.5 Å². The zero-order chi connectivity index (χ0) is 15.1. The molecule has 106 valence electrons. The summed E-state index contributed by atoms with van der Waals surface area (Å²) in [5.41, 5.74) is 5.09. The van der Waals surface area contributed by atoms with Crippen LogP contribution in [-0.4, -0.2) is 0 Å². The van der Waals surface area contributed by atoms with E-state index in [0.29, 0.717) is 0 Å². The van der Waals surface area contributed by atoms with Crippen molar-refractivity contribution in [1.82, 2.24) is 0 Å². The van der Waals surface area contributed by atoms with E-state index in [1.54, 1.807) is 0 Å². The molecule has 4 rings (SSSR count). The van der Waals surface area contributed by atoms with Crippen LogP contribution in [0.5, 0.6) is 0 Å². The third-order valence-electron chi connectivity index (χ3n) is 4.35. The van der Waals surface area contributed by atoms with E-state index >= 15 is 0 Å². The van der Waals surface area contributed by atoms with Crippen molar-refractivity contribution in [3.63, 3.8) is 0 Å². The van der Waals surface area contributed by atoms with E-state index in [4.69, 9.17) is 0 Å². The average Bonchev–Trinajstić information content (AvgIpc) is 2.55. The van der Waals surface area contributed by atoms with Gasteiger partial charge in [0.15, 0.2) is 6.20 Å². The van der Waals surface area contributed by atoms with Crippen molar-refractivity contribution in [2.45, 2.75) is 6.92 Å². The Kier molecular flexibility index (Phi) is 2.93. The second kappa shape index (κ2) is 4.96. The quantitative estimate of drug-likeness (QED) is 0.349. The molecule has 0 unspecified atom stereocenters. The molecule has 22 heavy (non-hydrogen) atoms. The highest BCUT2D eigenvalue weighted by molar-refractivity contribution is 6.05. The molecule has 0 atom stereocenters. The van der Waals surface area contributed by atoms with Gasteiger partial charge in [0.2, 0.25) is 5.52 Å². The van der Waals surface area contributed by atoms with Gasteiger partial charge < -0.3 is 0 Å². The molecule has 0 saturated heterocycles. The number of pyridine rings is 1. The first kappa shape index (κ1) is 13.0. The highest BCUT2D eigenvalue weighted by atomic mass is 14.9. The Morgan fingerprint density at radius 2 is 1.45 bits per heavy atom. The predicted molar refractivity (Wildman–Crippen MR) is 92.8 cm³/mol. The van der Waals surface area contributed by atoms with E-state index in [1.807, 2.05) is 0 Å². The first-order valence-electron chi connectivity index (χ1n) is 7.60. The van der Waals surface area contributed by atoms with Gasteiger partial charge in [0.25, 0.3) is 0 Å². The second-order valence-electron chi connectivity index (χ2n) is 5.93. The fourth-order valence-electron chi connectivity index (χ4n) is 3.12. The van der Waals surface area contributed by atoms with Crippen molar-refractivity contribution in [2.24, 2.45) is 7.05 Å². The van der Waals surface area contributed by atoms with Crippen LogP contribution in [0.4, 0.5) is 0 Å². The number of benzene rings is 3. The zero-order valence-corrected chi connectivity index (χ0v) is 12.9. The maximum Gasteiger partial charge on any atom is 0.212 e. The van der Waals surface area contributed by atoms with Gasteiger partial charge in [-0.1, -0.05) is 48.0 Å². The molecule has 0 radical (unpaired) electrons. The first-order valence-corrected chi connectivity index (χ1v) is 7.60. The molecule has 4 aromatic rings.